The maximum Gasteiger partial charge on any atom is 0.242 e. The first-order valence-electron chi connectivity index (χ1n) is 10.6. The van der Waals surface area contributed by atoms with Gasteiger partial charge in [0.25, 0.3) is 0 Å². The predicted molar refractivity (Wildman–Crippen MR) is 133 cm³/mol. The van der Waals surface area contributed by atoms with Gasteiger partial charge in [-0.15, -0.1) is 11.8 Å². The van der Waals surface area contributed by atoms with Crippen LogP contribution in [0.15, 0.2) is 78.9 Å². The van der Waals surface area contributed by atoms with Crippen LogP contribution in [-0.2, 0) is 28.3 Å². The summed E-state index contributed by atoms with van der Waals surface area (Å²) in [7, 11) is 1.57. The molecule has 0 saturated carbocycles. The zero-order valence-electron chi connectivity index (χ0n) is 18.3. The second-order valence-corrected chi connectivity index (χ2v) is 9.01. The molecule has 3 aromatic carbocycles. The van der Waals surface area contributed by atoms with Gasteiger partial charge in [-0.1, -0.05) is 66.2 Å². The zero-order chi connectivity index (χ0) is 23.6. The number of rotatable bonds is 10. The van der Waals surface area contributed by atoms with E-state index in [9.17, 15) is 14.0 Å². The van der Waals surface area contributed by atoms with Gasteiger partial charge in [0.05, 0.1) is 5.75 Å². The minimum absolute atomic E-state index is 0.150. The van der Waals surface area contributed by atoms with Crippen molar-refractivity contribution in [3.63, 3.8) is 0 Å². The molecule has 0 aliphatic rings. The number of hydrogen-bond acceptors (Lipinski definition) is 3. The minimum atomic E-state index is -0.689. The van der Waals surface area contributed by atoms with E-state index in [2.05, 4.69) is 5.32 Å². The summed E-state index contributed by atoms with van der Waals surface area (Å²) in [5.41, 5.74) is 2.78. The Bertz CT molecular complexity index is 1050. The van der Waals surface area contributed by atoms with Crippen molar-refractivity contribution in [2.24, 2.45) is 0 Å². The molecule has 0 unspecified atom stereocenters. The molecular weight excluding hydrogens is 459 g/mol. The number of likely N-dealkylation sites (N-methyl/N-ethyl adjacent to an activating group) is 1. The minimum Gasteiger partial charge on any atom is -0.357 e. The third kappa shape index (κ3) is 7.62. The van der Waals surface area contributed by atoms with Crippen molar-refractivity contribution in [1.29, 1.82) is 0 Å². The second kappa shape index (κ2) is 12.4. The highest BCUT2D eigenvalue weighted by atomic mass is 35.5. The van der Waals surface area contributed by atoms with Gasteiger partial charge in [0, 0.05) is 30.8 Å². The molecule has 2 amide bonds. The number of carbonyl (C=O) groups is 2. The van der Waals surface area contributed by atoms with Crippen LogP contribution in [-0.4, -0.2) is 35.6 Å². The molecule has 33 heavy (non-hydrogen) atoms. The fourth-order valence-corrected chi connectivity index (χ4v) is 4.42. The molecule has 0 fully saturated rings. The van der Waals surface area contributed by atoms with Gasteiger partial charge in [-0.2, -0.15) is 0 Å². The fourth-order valence-electron chi connectivity index (χ4n) is 3.43. The molecule has 4 nitrogen and oxygen atoms in total. The largest absolute Gasteiger partial charge is 0.357 e. The molecule has 3 rings (SSSR count). The van der Waals surface area contributed by atoms with E-state index < -0.39 is 6.04 Å². The van der Waals surface area contributed by atoms with E-state index in [-0.39, 0.29) is 29.9 Å². The molecular formula is C26H26ClFN2O2S. The average Bonchev–Trinajstić information content (AvgIpc) is 2.83. The lowest BCUT2D eigenvalue weighted by atomic mass is 10.0. The fraction of sp³-hybridized carbons (Fsp3) is 0.231. The Hall–Kier alpha value is -2.83. The van der Waals surface area contributed by atoms with Gasteiger partial charge in [0.2, 0.25) is 11.8 Å². The first-order chi connectivity index (χ1) is 16.0. The lowest BCUT2D eigenvalue weighted by Crippen LogP contribution is -2.50. The summed E-state index contributed by atoms with van der Waals surface area (Å²) < 4.78 is 13.4. The van der Waals surface area contributed by atoms with Crippen LogP contribution in [0, 0.1) is 5.82 Å². The number of hydrogen-bond donors (Lipinski definition) is 1. The summed E-state index contributed by atoms with van der Waals surface area (Å²) >= 11 is 7.42. The summed E-state index contributed by atoms with van der Waals surface area (Å²) in [6.07, 6.45) is 0.384. The Morgan fingerprint density at radius 1 is 0.939 bits per heavy atom. The first kappa shape index (κ1) is 24.8. The quantitative estimate of drug-likeness (QED) is 0.435. The molecule has 0 aliphatic heterocycles. The maximum atomic E-state index is 13.4. The lowest BCUT2D eigenvalue weighted by molar-refractivity contribution is -0.139. The van der Waals surface area contributed by atoms with Crippen molar-refractivity contribution >= 4 is 35.2 Å². The van der Waals surface area contributed by atoms with Crippen LogP contribution in [0.2, 0.25) is 5.02 Å². The van der Waals surface area contributed by atoms with Crippen molar-refractivity contribution < 1.29 is 14.0 Å². The van der Waals surface area contributed by atoms with Crippen molar-refractivity contribution in [3.8, 4) is 0 Å². The van der Waals surface area contributed by atoms with Gasteiger partial charge in [0.15, 0.2) is 0 Å². The van der Waals surface area contributed by atoms with E-state index in [1.165, 1.54) is 23.9 Å². The van der Waals surface area contributed by atoms with Crippen molar-refractivity contribution in [1.82, 2.24) is 10.2 Å². The van der Waals surface area contributed by atoms with Crippen molar-refractivity contribution in [3.05, 3.63) is 106 Å². The van der Waals surface area contributed by atoms with E-state index in [0.29, 0.717) is 17.2 Å². The molecule has 1 N–H and O–H groups in total. The molecule has 0 saturated heterocycles. The highest BCUT2D eigenvalue weighted by Crippen LogP contribution is 2.19. The van der Waals surface area contributed by atoms with Gasteiger partial charge in [-0.25, -0.2) is 4.39 Å². The number of benzene rings is 3. The Balaban J connectivity index is 1.79. The Kier molecular flexibility index (Phi) is 9.34. The molecule has 0 aromatic heterocycles. The molecule has 0 bridgehead atoms. The summed E-state index contributed by atoms with van der Waals surface area (Å²) in [5.74, 6) is 0.130. The van der Waals surface area contributed by atoms with E-state index in [4.69, 9.17) is 11.6 Å². The Morgan fingerprint density at radius 3 is 2.21 bits per heavy atom. The van der Waals surface area contributed by atoms with E-state index in [1.54, 1.807) is 24.1 Å². The molecule has 3 aromatic rings. The predicted octanol–water partition coefficient (Wildman–Crippen LogP) is 5.10. The third-order valence-electron chi connectivity index (χ3n) is 5.19. The summed E-state index contributed by atoms with van der Waals surface area (Å²) in [5, 5.41) is 3.36. The molecule has 172 valence electrons. The standard InChI is InChI=1S/C26H26ClFN2O2S/c1-29-26(32)24(15-19-5-3-2-4-6-19)30(16-20-9-13-23(28)14-10-20)25(31)18-33-17-21-7-11-22(27)12-8-21/h2-14,24H,15-18H2,1H3,(H,29,32)/t24-/m0/s1. The number of halogens is 2. The number of nitrogens with one attached hydrogen (secondary N) is 1. The highest BCUT2D eigenvalue weighted by molar-refractivity contribution is 7.99. The average molecular weight is 485 g/mol. The maximum absolute atomic E-state index is 13.4. The van der Waals surface area contributed by atoms with Crippen LogP contribution in [0.5, 0.6) is 0 Å². The molecule has 1 atom stereocenters. The number of amides is 2. The van der Waals surface area contributed by atoms with E-state index >= 15 is 0 Å². The van der Waals surface area contributed by atoms with Crippen LogP contribution in [0.25, 0.3) is 0 Å². The van der Waals surface area contributed by atoms with Crippen molar-refractivity contribution in [2.45, 2.75) is 24.8 Å². The van der Waals surface area contributed by atoms with Crippen LogP contribution in [0.1, 0.15) is 16.7 Å². The van der Waals surface area contributed by atoms with Crippen LogP contribution >= 0.6 is 23.4 Å². The summed E-state index contributed by atoms with van der Waals surface area (Å²) in [6, 6.07) is 22.4. The second-order valence-electron chi connectivity index (χ2n) is 7.59. The highest BCUT2D eigenvalue weighted by Gasteiger charge is 2.29. The Labute approximate surface area is 203 Å². The zero-order valence-corrected chi connectivity index (χ0v) is 19.9. The van der Waals surface area contributed by atoms with Gasteiger partial charge >= 0.3 is 0 Å². The summed E-state index contributed by atoms with van der Waals surface area (Å²) in [4.78, 5) is 27.8. The van der Waals surface area contributed by atoms with Gasteiger partial charge in [-0.3, -0.25) is 9.59 Å². The third-order valence-corrected chi connectivity index (χ3v) is 6.43. The van der Waals surface area contributed by atoms with Crippen molar-refractivity contribution in [2.75, 3.05) is 12.8 Å². The number of thioether (sulfide) groups is 1. The Morgan fingerprint density at radius 2 is 1.58 bits per heavy atom. The summed E-state index contributed by atoms with van der Waals surface area (Å²) in [6.45, 7) is 0.214. The monoisotopic (exact) mass is 484 g/mol. The smallest absolute Gasteiger partial charge is 0.242 e. The normalized spacial score (nSPS) is 11.6. The molecule has 0 radical (unpaired) electrons. The van der Waals surface area contributed by atoms with Gasteiger partial charge in [0.1, 0.15) is 11.9 Å². The molecule has 7 heteroatoms. The topological polar surface area (TPSA) is 49.4 Å². The van der Waals surface area contributed by atoms with Gasteiger partial charge < -0.3 is 10.2 Å². The SMILES string of the molecule is CNC(=O)[C@H](Cc1ccccc1)N(Cc1ccc(F)cc1)C(=O)CSCc1ccc(Cl)cc1. The van der Waals surface area contributed by atoms with Gasteiger partial charge in [-0.05, 0) is 41.0 Å². The van der Waals surface area contributed by atoms with Crippen LogP contribution < -0.4 is 5.32 Å². The number of carbonyl (C=O) groups excluding carboxylic acids is 2. The molecule has 0 aliphatic carbocycles. The lowest BCUT2D eigenvalue weighted by Gasteiger charge is -2.31. The molecule has 0 spiro atoms. The number of nitrogens with zero attached hydrogens (tertiary/aromatic N) is 1. The van der Waals surface area contributed by atoms with E-state index in [0.717, 1.165) is 16.7 Å². The van der Waals surface area contributed by atoms with Crippen LogP contribution in [0.4, 0.5) is 4.39 Å². The molecule has 0 heterocycles. The van der Waals surface area contributed by atoms with E-state index in [1.807, 2.05) is 54.6 Å². The van der Waals surface area contributed by atoms with Crippen LogP contribution in [0.3, 0.4) is 0 Å². The first-order valence-corrected chi connectivity index (χ1v) is 12.1.